The second kappa shape index (κ2) is 6.86. The van der Waals surface area contributed by atoms with Gasteiger partial charge in [0.15, 0.2) is 5.76 Å². The number of hydrogen-bond acceptors (Lipinski definition) is 4. The highest BCUT2D eigenvalue weighted by Crippen LogP contribution is 2.22. The number of piperazine rings is 1. The van der Waals surface area contributed by atoms with Crippen molar-refractivity contribution >= 4 is 11.8 Å². The Hall–Kier alpha value is -2.63. The van der Waals surface area contributed by atoms with Gasteiger partial charge in [0.2, 0.25) is 0 Å². The van der Waals surface area contributed by atoms with E-state index in [1.54, 1.807) is 40.6 Å². The fourth-order valence-corrected chi connectivity index (χ4v) is 2.88. The third-order valence-corrected chi connectivity index (χ3v) is 4.27. The Kier molecular flexibility index (Phi) is 4.64. The van der Waals surface area contributed by atoms with E-state index in [0.717, 1.165) is 5.56 Å². The van der Waals surface area contributed by atoms with Gasteiger partial charge in [-0.1, -0.05) is 13.8 Å². The minimum Gasteiger partial charge on any atom is -0.459 e. The smallest absolute Gasteiger partial charge is 0.289 e. The zero-order chi connectivity index (χ0) is 17.1. The van der Waals surface area contributed by atoms with Gasteiger partial charge in [-0.3, -0.25) is 14.6 Å². The Labute approximate surface area is 141 Å². The lowest BCUT2D eigenvalue weighted by molar-refractivity contribution is 0.0516. The lowest BCUT2D eigenvalue weighted by Crippen LogP contribution is -2.50. The number of nitrogens with zero attached hydrogens (tertiary/aromatic N) is 3. The maximum Gasteiger partial charge on any atom is 0.289 e. The van der Waals surface area contributed by atoms with Crippen LogP contribution in [0.4, 0.5) is 0 Å². The van der Waals surface area contributed by atoms with E-state index in [-0.39, 0.29) is 17.7 Å². The number of carbonyl (C=O) groups excluding carboxylic acids is 2. The predicted molar refractivity (Wildman–Crippen MR) is 88.8 cm³/mol. The summed E-state index contributed by atoms with van der Waals surface area (Å²) >= 11 is 0. The van der Waals surface area contributed by atoms with Crippen molar-refractivity contribution in [1.29, 1.82) is 0 Å². The van der Waals surface area contributed by atoms with Gasteiger partial charge >= 0.3 is 0 Å². The molecule has 0 radical (unpaired) electrons. The zero-order valence-corrected chi connectivity index (χ0v) is 13.9. The van der Waals surface area contributed by atoms with E-state index in [2.05, 4.69) is 4.98 Å². The van der Waals surface area contributed by atoms with Crippen LogP contribution in [0.2, 0.25) is 0 Å². The molecule has 1 aliphatic heterocycles. The Morgan fingerprint density at radius 1 is 1.08 bits per heavy atom. The molecule has 24 heavy (non-hydrogen) atoms. The van der Waals surface area contributed by atoms with Crippen molar-refractivity contribution in [3.63, 3.8) is 0 Å². The summed E-state index contributed by atoms with van der Waals surface area (Å²) in [6.07, 6.45) is 4.77. The summed E-state index contributed by atoms with van der Waals surface area (Å²) < 4.78 is 5.40. The number of pyridine rings is 1. The molecule has 3 rings (SSSR count). The number of carbonyl (C=O) groups is 2. The maximum absolute atomic E-state index is 12.7. The summed E-state index contributed by atoms with van der Waals surface area (Å²) in [4.78, 5) is 32.5. The van der Waals surface area contributed by atoms with Gasteiger partial charge < -0.3 is 14.2 Å². The molecule has 0 aromatic carbocycles. The lowest BCUT2D eigenvalue weighted by Gasteiger charge is -2.34. The van der Waals surface area contributed by atoms with Crippen LogP contribution in [0.5, 0.6) is 0 Å². The van der Waals surface area contributed by atoms with Crippen molar-refractivity contribution in [3.8, 4) is 0 Å². The highest BCUT2D eigenvalue weighted by atomic mass is 16.3. The van der Waals surface area contributed by atoms with Crippen molar-refractivity contribution in [2.75, 3.05) is 26.2 Å². The number of amides is 2. The second-order valence-electron chi connectivity index (χ2n) is 6.19. The molecular weight excluding hydrogens is 306 g/mol. The molecule has 2 aromatic heterocycles. The molecule has 0 N–H and O–H groups in total. The number of hydrogen-bond donors (Lipinski definition) is 0. The van der Waals surface area contributed by atoms with E-state index in [4.69, 9.17) is 4.42 Å². The Morgan fingerprint density at radius 3 is 2.33 bits per heavy atom. The van der Waals surface area contributed by atoms with Gasteiger partial charge in [-0.15, -0.1) is 0 Å². The number of aromatic nitrogens is 1. The largest absolute Gasteiger partial charge is 0.459 e. The molecule has 0 spiro atoms. The highest BCUT2D eigenvalue weighted by molar-refractivity contribution is 5.95. The van der Waals surface area contributed by atoms with Crippen LogP contribution in [0.1, 0.15) is 46.2 Å². The summed E-state index contributed by atoms with van der Waals surface area (Å²) in [5, 5.41) is 0. The van der Waals surface area contributed by atoms with Crippen molar-refractivity contribution in [3.05, 3.63) is 53.7 Å². The molecule has 1 saturated heterocycles. The van der Waals surface area contributed by atoms with Crippen LogP contribution < -0.4 is 0 Å². The molecule has 3 heterocycles. The summed E-state index contributed by atoms with van der Waals surface area (Å²) in [6.45, 7) is 6.10. The van der Waals surface area contributed by atoms with Gasteiger partial charge in [0.1, 0.15) is 0 Å². The van der Waals surface area contributed by atoms with Gasteiger partial charge in [-0.25, -0.2) is 0 Å². The van der Waals surface area contributed by atoms with Crippen LogP contribution in [-0.2, 0) is 0 Å². The van der Waals surface area contributed by atoms with Gasteiger partial charge in [0.05, 0.1) is 11.8 Å². The molecule has 6 heteroatoms. The zero-order valence-electron chi connectivity index (χ0n) is 13.9. The van der Waals surface area contributed by atoms with E-state index in [1.165, 1.54) is 0 Å². The Bertz CT molecular complexity index is 716. The van der Waals surface area contributed by atoms with Gasteiger partial charge in [0.25, 0.3) is 11.8 Å². The molecule has 2 amide bonds. The quantitative estimate of drug-likeness (QED) is 0.868. The Balaban J connectivity index is 1.64. The van der Waals surface area contributed by atoms with Crippen molar-refractivity contribution in [2.24, 2.45) is 0 Å². The molecule has 1 aliphatic rings. The molecule has 6 nitrogen and oxygen atoms in total. The minimum atomic E-state index is -0.0998. The average Bonchev–Trinajstić information content (AvgIpc) is 3.11. The molecule has 126 valence electrons. The standard InChI is InChI=1S/C18H21N3O3/c1-13(2)15-5-11-24-16(15)18(23)21-9-7-20(8-10-21)17(22)14-4-3-6-19-12-14/h3-6,11-13H,7-10H2,1-2H3. The fraction of sp³-hybridized carbons (Fsp3) is 0.389. The van der Waals surface area contributed by atoms with Gasteiger partial charge in [-0.2, -0.15) is 0 Å². The molecule has 2 aromatic rings. The SMILES string of the molecule is CC(C)c1ccoc1C(=O)N1CCN(C(=O)c2cccnc2)CC1. The summed E-state index contributed by atoms with van der Waals surface area (Å²) in [5.74, 6) is 0.501. The molecule has 0 aliphatic carbocycles. The number of rotatable bonds is 3. The van der Waals surface area contributed by atoms with Crippen LogP contribution in [0.3, 0.4) is 0 Å². The van der Waals surface area contributed by atoms with Crippen LogP contribution >= 0.6 is 0 Å². The minimum absolute atomic E-state index is 0.0453. The van der Waals surface area contributed by atoms with Gasteiger partial charge in [0, 0.05) is 44.1 Å². The third-order valence-electron chi connectivity index (χ3n) is 4.27. The van der Waals surface area contributed by atoms with Gasteiger partial charge in [-0.05, 0) is 24.1 Å². The third kappa shape index (κ3) is 3.18. The van der Waals surface area contributed by atoms with E-state index >= 15 is 0 Å². The van der Waals surface area contributed by atoms with Crippen LogP contribution in [0, 0.1) is 0 Å². The summed E-state index contributed by atoms with van der Waals surface area (Å²) in [7, 11) is 0. The topological polar surface area (TPSA) is 66.7 Å². The first-order chi connectivity index (χ1) is 11.6. The first-order valence-corrected chi connectivity index (χ1v) is 8.14. The Morgan fingerprint density at radius 2 is 1.75 bits per heavy atom. The second-order valence-corrected chi connectivity index (χ2v) is 6.19. The van der Waals surface area contributed by atoms with Crippen LogP contribution in [-0.4, -0.2) is 52.8 Å². The fourth-order valence-electron chi connectivity index (χ4n) is 2.88. The van der Waals surface area contributed by atoms with Crippen molar-refractivity contribution in [2.45, 2.75) is 19.8 Å². The molecule has 0 bridgehead atoms. The lowest BCUT2D eigenvalue weighted by atomic mass is 10.0. The monoisotopic (exact) mass is 327 g/mol. The normalized spacial score (nSPS) is 15.0. The van der Waals surface area contributed by atoms with E-state index in [1.807, 2.05) is 19.9 Å². The first-order valence-electron chi connectivity index (χ1n) is 8.14. The summed E-state index contributed by atoms with van der Waals surface area (Å²) in [6, 6.07) is 5.35. The van der Waals surface area contributed by atoms with Crippen molar-refractivity contribution in [1.82, 2.24) is 14.8 Å². The van der Waals surface area contributed by atoms with E-state index < -0.39 is 0 Å². The first kappa shape index (κ1) is 16.2. The molecule has 1 fully saturated rings. The predicted octanol–water partition coefficient (Wildman–Crippen LogP) is 2.40. The van der Waals surface area contributed by atoms with Crippen LogP contribution in [0.15, 0.2) is 41.3 Å². The average molecular weight is 327 g/mol. The van der Waals surface area contributed by atoms with E-state index in [9.17, 15) is 9.59 Å². The van der Waals surface area contributed by atoms with Crippen molar-refractivity contribution < 1.29 is 14.0 Å². The van der Waals surface area contributed by atoms with Crippen LogP contribution in [0.25, 0.3) is 0 Å². The molecule has 0 atom stereocenters. The molecule has 0 unspecified atom stereocenters. The summed E-state index contributed by atoms with van der Waals surface area (Å²) in [5.41, 5.74) is 1.50. The maximum atomic E-state index is 12.7. The van der Waals surface area contributed by atoms with E-state index in [0.29, 0.717) is 37.5 Å². The molecular formula is C18H21N3O3. The number of furan rings is 1. The molecule has 0 saturated carbocycles. The highest BCUT2D eigenvalue weighted by Gasteiger charge is 2.28.